The van der Waals surface area contributed by atoms with Crippen molar-refractivity contribution in [1.82, 2.24) is 4.90 Å². The Labute approximate surface area is 136 Å². The standard InChI is InChI=1S/C17H26BrNO2/c1-13(20)10-15-6-4-3-5-9-19(15)12-14-11-16(21-2)7-8-17(14)18/h7-8,11,13,15,20H,3-6,9-10,12H2,1-2H3. The number of aliphatic hydroxyl groups is 1. The van der Waals surface area contributed by atoms with E-state index >= 15 is 0 Å². The molecule has 0 spiro atoms. The maximum Gasteiger partial charge on any atom is 0.119 e. The molecule has 1 heterocycles. The normalized spacial score (nSPS) is 21.8. The van der Waals surface area contributed by atoms with Crippen LogP contribution in [0.25, 0.3) is 0 Å². The van der Waals surface area contributed by atoms with Gasteiger partial charge in [0, 0.05) is 17.1 Å². The second-order valence-electron chi connectivity index (χ2n) is 6.02. The van der Waals surface area contributed by atoms with E-state index in [9.17, 15) is 5.11 Å². The third kappa shape index (κ3) is 4.97. The molecule has 2 rings (SSSR count). The number of ether oxygens (including phenoxy) is 1. The molecule has 1 aromatic carbocycles. The van der Waals surface area contributed by atoms with Crippen LogP contribution < -0.4 is 4.74 Å². The molecule has 2 atom stereocenters. The summed E-state index contributed by atoms with van der Waals surface area (Å²) in [6, 6.07) is 6.61. The van der Waals surface area contributed by atoms with Gasteiger partial charge in [0.25, 0.3) is 0 Å². The molecule has 1 N–H and O–H groups in total. The van der Waals surface area contributed by atoms with Gasteiger partial charge in [0.1, 0.15) is 5.75 Å². The van der Waals surface area contributed by atoms with E-state index in [1.54, 1.807) is 7.11 Å². The Morgan fingerprint density at radius 3 is 2.90 bits per heavy atom. The van der Waals surface area contributed by atoms with Crippen molar-refractivity contribution >= 4 is 15.9 Å². The van der Waals surface area contributed by atoms with Gasteiger partial charge in [0.05, 0.1) is 13.2 Å². The molecule has 0 bridgehead atoms. The summed E-state index contributed by atoms with van der Waals surface area (Å²) in [4.78, 5) is 2.53. The predicted octanol–water partition coefficient (Wildman–Crippen LogP) is 3.97. The van der Waals surface area contributed by atoms with Crippen molar-refractivity contribution in [3.8, 4) is 5.75 Å². The fourth-order valence-corrected chi connectivity index (χ4v) is 3.50. The molecule has 0 radical (unpaired) electrons. The summed E-state index contributed by atoms with van der Waals surface area (Å²) in [5, 5.41) is 9.76. The summed E-state index contributed by atoms with van der Waals surface area (Å²) in [5.74, 6) is 0.898. The summed E-state index contributed by atoms with van der Waals surface area (Å²) < 4.78 is 6.46. The number of hydrogen-bond acceptors (Lipinski definition) is 3. The fraction of sp³-hybridized carbons (Fsp3) is 0.647. The SMILES string of the molecule is COc1ccc(Br)c(CN2CCCCCC2CC(C)O)c1. The van der Waals surface area contributed by atoms with Crippen molar-refractivity contribution in [2.45, 2.75) is 57.7 Å². The van der Waals surface area contributed by atoms with Crippen molar-refractivity contribution in [2.24, 2.45) is 0 Å². The average Bonchev–Trinajstić information content (AvgIpc) is 2.66. The number of benzene rings is 1. The maximum absolute atomic E-state index is 9.76. The number of nitrogens with zero attached hydrogens (tertiary/aromatic N) is 1. The van der Waals surface area contributed by atoms with Crippen LogP contribution in [0.4, 0.5) is 0 Å². The molecule has 1 saturated heterocycles. The Balaban J connectivity index is 2.13. The summed E-state index contributed by atoms with van der Waals surface area (Å²) >= 11 is 3.65. The lowest BCUT2D eigenvalue weighted by Gasteiger charge is -2.31. The second kappa shape index (κ2) is 8.16. The number of aliphatic hydroxyl groups excluding tert-OH is 1. The lowest BCUT2D eigenvalue weighted by molar-refractivity contribution is 0.108. The highest BCUT2D eigenvalue weighted by molar-refractivity contribution is 9.10. The summed E-state index contributed by atoms with van der Waals surface area (Å²) in [7, 11) is 1.70. The molecule has 1 aromatic rings. The third-order valence-electron chi connectivity index (χ3n) is 4.24. The van der Waals surface area contributed by atoms with E-state index in [4.69, 9.17) is 4.74 Å². The van der Waals surface area contributed by atoms with Gasteiger partial charge >= 0.3 is 0 Å². The topological polar surface area (TPSA) is 32.7 Å². The van der Waals surface area contributed by atoms with Crippen LogP contribution in [0, 0.1) is 0 Å². The van der Waals surface area contributed by atoms with Crippen LogP contribution in [0.15, 0.2) is 22.7 Å². The van der Waals surface area contributed by atoms with Gasteiger partial charge in [-0.3, -0.25) is 4.90 Å². The van der Waals surface area contributed by atoms with Gasteiger partial charge in [-0.2, -0.15) is 0 Å². The van der Waals surface area contributed by atoms with E-state index in [1.807, 2.05) is 13.0 Å². The molecule has 0 aromatic heterocycles. The van der Waals surface area contributed by atoms with Gasteiger partial charge in [-0.15, -0.1) is 0 Å². The first-order valence-electron chi connectivity index (χ1n) is 7.84. The minimum atomic E-state index is -0.232. The Bertz CT molecular complexity index is 450. The Morgan fingerprint density at radius 1 is 1.38 bits per heavy atom. The Morgan fingerprint density at radius 2 is 2.19 bits per heavy atom. The monoisotopic (exact) mass is 355 g/mol. The fourth-order valence-electron chi connectivity index (χ4n) is 3.12. The molecule has 118 valence electrons. The highest BCUT2D eigenvalue weighted by Crippen LogP contribution is 2.27. The van der Waals surface area contributed by atoms with Crippen molar-refractivity contribution in [2.75, 3.05) is 13.7 Å². The van der Waals surface area contributed by atoms with E-state index in [-0.39, 0.29) is 6.10 Å². The van der Waals surface area contributed by atoms with Gasteiger partial charge in [0.2, 0.25) is 0 Å². The number of hydrogen-bond donors (Lipinski definition) is 1. The van der Waals surface area contributed by atoms with Crippen LogP contribution in [0.1, 0.15) is 44.6 Å². The smallest absolute Gasteiger partial charge is 0.119 e. The van der Waals surface area contributed by atoms with Crippen LogP contribution >= 0.6 is 15.9 Å². The maximum atomic E-state index is 9.76. The molecule has 0 saturated carbocycles. The van der Waals surface area contributed by atoms with Crippen molar-refractivity contribution < 1.29 is 9.84 Å². The summed E-state index contributed by atoms with van der Waals surface area (Å²) in [6.07, 6.45) is 5.63. The molecular formula is C17H26BrNO2. The van der Waals surface area contributed by atoms with Gasteiger partial charge in [0.15, 0.2) is 0 Å². The van der Waals surface area contributed by atoms with E-state index in [2.05, 4.69) is 33.0 Å². The van der Waals surface area contributed by atoms with Crippen LogP contribution in [0.5, 0.6) is 5.75 Å². The largest absolute Gasteiger partial charge is 0.497 e. The Hall–Kier alpha value is -0.580. The molecule has 1 aliphatic rings. The minimum absolute atomic E-state index is 0.232. The molecule has 4 heteroatoms. The quantitative estimate of drug-likeness (QED) is 0.867. The number of rotatable bonds is 5. The first-order chi connectivity index (χ1) is 10.1. The van der Waals surface area contributed by atoms with E-state index in [0.29, 0.717) is 6.04 Å². The van der Waals surface area contributed by atoms with Gasteiger partial charge in [-0.05, 0) is 56.5 Å². The molecule has 21 heavy (non-hydrogen) atoms. The van der Waals surface area contributed by atoms with Gasteiger partial charge in [-0.25, -0.2) is 0 Å². The first-order valence-corrected chi connectivity index (χ1v) is 8.64. The summed E-state index contributed by atoms with van der Waals surface area (Å²) in [6.45, 7) is 3.92. The third-order valence-corrected chi connectivity index (χ3v) is 5.01. The zero-order valence-corrected chi connectivity index (χ0v) is 14.6. The molecule has 3 nitrogen and oxygen atoms in total. The zero-order valence-electron chi connectivity index (χ0n) is 13.0. The highest BCUT2D eigenvalue weighted by atomic mass is 79.9. The Kier molecular flexibility index (Phi) is 6.52. The lowest BCUT2D eigenvalue weighted by Crippen LogP contribution is -2.36. The molecule has 1 fully saturated rings. The van der Waals surface area contributed by atoms with E-state index in [0.717, 1.165) is 29.7 Å². The first kappa shape index (κ1) is 16.8. The molecule has 0 amide bonds. The lowest BCUT2D eigenvalue weighted by atomic mass is 10.0. The highest BCUT2D eigenvalue weighted by Gasteiger charge is 2.23. The van der Waals surface area contributed by atoms with Gasteiger partial charge in [-0.1, -0.05) is 28.8 Å². The van der Waals surface area contributed by atoms with Crippen LogP contribution in [0.3, 0.4) is 0 Å². The van der Waals surface area contributed by atoms with Crippen molar-refractivity contribution in [3.05, 3.63) is 28.2 Å². The number of methoxy groups -OCH3 is 1. The van der Waals surface area contributed by atoms with Crippen molar-refractivity contribution in [1.29, 1.82) is 0 Å². The number of halogens is 1. The minimum Gasteiger partial charge on any atom is -0.497 e. The molecule has 0 aliphatic carbocycles. The number of likely N-dealkylation sites (tertiary alicyclic amines) is 1. The average molecular weight is 356 g/mol. The van der Waals surface area contributed by atoms with Gasteiger partial charge < -0.3 is 9.84 Å². The predicted molar refractivity (Wildman–Crippen MR) is 89.7 cm³/mol. The zero-order chi connectivity index (χ0) is 15.2. The van der Waals surface area contributed by atoms with Crippen LogP contribution in [-0.2, 0) is 6.54 Å². The second-order valence-corrected chi connectivity index (χ2v) is 6.87. The summed E-state index contributed by atoms with van der Waals surface area (Å²) in [5.41, 5.74) is 1.26. The van der Waals surface area contributed by atoms with E-state index < -0.39 is 0 Å². The van der Waals surface area contributed by atoms with Crippen molar-refractivity contribution in [3.63, 3.8) is 0 Å². The molecule has 2 unspecified atom stereocenters. The molecular weight excluding hydrogens is 330 g/mol. The molecule has 1 aliphatic heterocycles. The van der Waals surface area contributed by atoms with E-state index in [1.165, 1.54) is 31.2 Å². The van der Waals surface area contributed by atoms with Crippen LogP contribution in [0.2, 0.25) is 0 Å². The van der Waals surface area contributed by atoms with Crippen LogP contribution in [-0.4, -0.2) is 35.8 Å².